The lowest BCUT2D eigenvalue weighted by Crippen LogP contribution is -2.24. The minimum absolute atomic E-state index is 0.278. The molecule has 0 aromatic carbocycles. The monoisotopic (exact) mass is 204 g/mol. The van der Waals surface area contributed by atoms with Crippen molar-refractivity contribution in [2.24, 2.45) is 12.5 Å². The van der Waals surface area contributed by atoms with E-state index in [1.165, 1.54) is 12.8 Å². The van der Waals surface area contributed by atoms with E-state index >= 15 is 0 Å². The first-order chi connectivity index (χ1) is 7.26. The number of nitrogens with zero attached hydrogens (tertiary/aromatic N) is 3. The van der Waals surface area contributed by atoms with Crippen LogP contribution in [0.5, 0.6) is 0 Å². The zero-order valence-electron chi connectivity index (χ0n) is 9.03. The SMILES string of the molecule is Cn1ccnc1CNCC1(CC#N)CC1. The van der Waals surface area contributed by atoms with Gasteiger partial charge in [0.25, 0.3) is 0 Å². The molecular weight excluding hydrogens is 188 g/mol. The first-order valence-electron chi connectivity index (χ1n) is 5.30. The molecule has 2 rings (SSSR count). The highest BCUT2D eigenvalue weighted by molar-refractivity contribution is 5.01. The van der Waals surface area contributed by atoms with E-state index in [0.717, 1.165) is 18.9 Å². The van der Waals surface area contributed by atoms with Crippen molar-refractivity contribution in [3.63, 3.8) is 0 Å². The van der Waals surface area contributed by atoms with Gasteiger partial charge in [-0.25, -0.2) is 4.98 Å². The normalized spacial score (nSPS) is 17.3. The molecule has 0 radical (unpaired) electrons. The highest BCUT2D eigenvalue weighted by Crippen LogP contribution is 2.47. The largest absolute Gasteiger partial charge is 0.337 e. The minimum atomic E-state index is 0.278. The molecule has 0 atom stereocenters. The Kier molecular flexibility index (Phi) is 2.74. The van der Waals surface area contributed by atoms with Crippen molar-refractivity contribution in [3.8, 4) is 6.07 Å². The molecule has 0 spiro atoms. The number of aromatic nitrogens is 2. The Hall–Kier alpha value is -1.34. The summed E-state index contributed by atoms with van der Waals surface area (Å²) in [6.07, 6.45) is 6.81. The van der Waals surface area contributed by atoms with E-state index in [1.807, 2.05) is 17.8 Å². The summed E-state index contributed by atoms with van der Waals surface area (Å²) < 4.78 is 2.01. The van der Waals surface area contributed by atoms with Gasteiger partial charge in [0.05, 0.1) is 12.6 Å². The van der Waals surface area contributed by atoms with Crippen LogP contribution in [0.3, 0.4) is 0 Å². The molecule has 15 heavy (non-hydrogen) atoms. The Bertz CT molecular complexity index is 370. The highest BCUT2D eigenvalue weighted by Gasteiger charge is 2.41. The highest BCUT2D eigenvalue weighted by atomic mass is 15.1. The second-order valence-electron chi connectivity index (χ2n) is 4.39. The number of hydrogen-bond donors (Lipinski definition) is 1. The van der Waals surface area contributed by atoms with Gasteiger partial charge < -0.3 is 9.88 Å². The number of nitriles is 1. The van der Waals surface area contributed by atoms with Gasteiger partial charge in [-0.1, -0.05) is 0 Å². The van der Waals surface area contributed by atoms with E-state index in [4.69, 9.17) is 5.26 Å². The summed E-state index contributed by atoms with van der Waals surface area (Å²) in [5.41, 5.74) is 0.278. The summed E-state index contributed by atoms with van der Waals surface area (Å²) >= 11 is 0. The molecule has 1 aromatic heterocycles. The van der Waals surface area contributed by atoms with E-state index in [1.54, 1.807) is 6.20 Å². The zero-order chi connectivity index (χ0) is 10.7. The Morgan fingerprint density at radius 3 is 3.00 bits per heavy atom. The predicted octanol–water partition coefficient (Wildman–Crippen LogP) is 1.20. The Morgan fingerprint density at radius 1 is 1.67 bits per heavy atom. The van der Waals surface area contributed by atoms with Crippen LogP contribution in [0.2, 0.25) is 0 Å². The molecule has 1 fully saturated rings. The second-order valence-corrected chi connectivity index (χ2v) is 4.39. The van der Waals surface area contributed by atoms with Crippen molar-refractivity contribution in [2.75, 3.05) is 6.54 Å². The number of imidazole rings is 1. The van der Waals surface area contributed by atoms with Crippen molar-refractivity contribution in [2.45, 2.75) is 25.8 Å². The lowest BCUT2D eigenvalue weighted by molar-refractivity contribution is 0.459. The van der Waals surface area contributed by atoms with Gasteiger partial charge in [-0.3, -0.25) is 0 Å². The van der Waals surface area contributed by atoms with Gasteiger partial charge in [-0.2, -0.15) is 5.26 Å². The van der Waals surface area contributed by atoms with Crippen molar-refractivity contribution in [1.82, 2.24) is 14.9 Å². The third-order valence-electron chi connectivity index (χ3n) is 3.12. The van der Waals surface area contributed by atoms with Gasteiger partial charge in [-0.05, 0) is 18.3 Å². The van der Waals surface area contributed by atoms with E-state index in [0.29, 0.717) is 6.42 Å². The molecule has 1 heterocycles. The first kappa shape index (κ1) is 10.2. The first-order valence-corrected chi connectivity index (χ1v) is 5.30. The maximum atomic E-state index is 8.68. The van der Waals surface area contributed by atoms with Gasteiger partial charge in [0.1, 0.15) is 5.82 Å². The topological polar surface area (TPSA) is 53.6 Å². The fraction of sp³-hybridized carbons (Fsp3) is 0.636. The number of rotatable bonds is 5. The van der Waals surface area contributed by atoms with Gasteiger partial charge >= 0.3 is 0 Å². The average Bonchev–Trinajstić information content (AvgIpc) is 2.85. The van der Waals surface area contributed by atoms with Crippen LogP contribution >= 0.6 is 0 Å². The molecule has 0 amide bonds. The molecule has 80 valence electrons. The van der Waals surface area contributed by atoms with Crippen LogP contribution in [-0.4, -0.2) is 16.1 Å². The van der Waals surface area contributed by atoms with Crippen molar-refractivity contribution in [3.05, 3.63) is 18.2 Å². The van der Waals surface area contributed by atoms with E-state index in [9.17, 15) is 0 Å². The maximum absolute atomic E-state index is 8.68. The quantitative estimate of drug-likeness (QED) is 0.784. The second kappa shape index (κ2) is 4.03. The molecule has 4 heteroatoms. The fourth-order valence-corrected chi connectivity index (χ4v) is 1.77. The summed E-state index contributed by atoms with van der Waals surface area (Å²) in [5.74, 6) is 1.04. The summed E-state index contributed by atoms with van der Waals surface area (Å²) in [5, 5.41) is 12.1. The molecule has 0 bridgehead atoms. The van der Waals surface area contributed by atoms with E-state index in [-0.39, 0.29) is 5.41 Å². The lowest BCUT2D eigenvalue weighted by Gasteiger charge is -2.11. The van der Waals surface area contributed by atoms with Crippen molar-refractivity contribution < 1.29 is 0 Å². The number of hydrogen-bond acceptors (Lipinski definition) is 3. The minimum Gasteiger partial charge on any atom is -0.337 e. The van der Waals surface area contributed by atoms with Crippen LogP contribution in [0, 0.1) is 16.7 Å². The third kappa shape index (κ3) is 2.37. The van der Waals surface area contributed by atoms with Crippen LogP contribution in [-0.2, 0) is 13.6 Å². The van der Waals surface area contributed by atoms with Crippen LogP contribution in [0.1, 0.15) is 25.1 Å². The molecule has 0 aliphatic heterocycles. The smallest absolute Gasteiger partial charge is 0.122 e. The van der Waals surface area contributed by atoms with Crippen LogP contribution in [0.4, 0.5) is 0 Å². The Morgan fingerprint density at radius 2 is 2.47 bits per heavy atom. The summed E-state index contributed by atoms with van der Waals surface area (Å²) in [6.45, 7) is 1.73. The molecule has 1 N–H and O–H groups in total. The summed E-state index contributed by atoms with van der Waals surface area (Å²) in [7, 11) is 1.99. The molecule has 1 aliphatic carbocycles. The van der Waals surface area contributed by atoms with Crippen LogP contribution in [0.25, 0.3) is 0 Å². The van der Waals surface area contributed by atoms with Gasteiger partial charge in [0.15, 0.2) is 0 Å². The lowest BCUT2D eigenvalue weighted by atomic mass is 10.0. The molecule has 0 unspecified atom stereocenters. The Labute approximate surface area is 89.9 Å². The fourth-order valence-electron chi connectivity index (χ4n) is 1.77. The Balaban J connectivity index is 1.76. The molecule has 1 aromatic rings. The van der Waals surface area contributed by atoms with Crippen LogP contribution < -0.4 is 5.32 Å². The van der Waals surface area contributed by atoms with Crippen LogP contribution in [0.15, 0.2) is 12.4 Å². The standard InChI is InChI=1S/C11H16N4/c1-15-7-6-14-10(15)8-13-9-11(2-3-11)4-5-12/h6-7,13H,2-4,8-9H2,1H3. The molecular formula is C11H16N4. The maximum Gasteiger partial charge on any atom is 0.122 e. The molecule has 1 saturated carbocycles. The van der Waals surface area contributed by atoms with Gasteiger partial charge in [-0.15, -0.1) is 0 Å². The van der Waals surface area contributed by atoms with Crippen molar-refractivity contribution >= 4 is 0 Å². The van der Waals surface area contributed by atoms with E-state index < -0.39 is 0 Å². The zero-order valence-corrected chi connectivity index (χ0v) is 9.03. The third-order valence-corrected chi connectivity index (χ3v) is 3.12. The molecule has 0 saturated heterocycles. The summed E-state index contributed by atoms with van der Waals surface area (Å²) in [4.78, 5) is 4.24. The van der Waals surface area contributed by atoms with Gasteiger partial charge in [0.2, 0.25) is 0 Å². The van der Waals surface area contributed by atoms with Crippen molar-refractivity contribution in [1.29, 1.82) is 5.26 Å². The molecule has 1 aliphatic rings. The average molecular weight is 204 g/mol. The number of nitrogens with one attached hydrogen (secondary N) is 1. The predicted molar refractivity (Wildman–Crippen MR) is 56.8 cm³/mol. The number of aryl methyl sites for hydroxylation is 1. The summed E-state index contributed by atoms with van der Waals surface area (Å²) in [6, 6.07) is 2.26. The van der Waals surface area contributed by atoms with Gasteiger partial charge in [0, 0.05) is 32.4 Å². The molecule has 4 nitrogen and oxygen atoms in total. The van der Waals surface area contributed by atoms with E-state index in [2.05, 4.69) is 16.4 Å².